The molecule has 4 nitrogen and oxygen atoms in total. The fraction of sp³-hybridized carbons (Fsp3) is 0.0435. The van der Waals surface area contributed by atoms with E-state index < -0.39 is 17.6 Å². The molecule has 7 heteroatoms. The topological polar surface area (TPSA) is 49.4 Å². The van der Waals surface area contributed by atoms with E-state index in [1.54, 1.807) is 36.4 Å². The van der Waals surface area contributed by atoms with Gasteiger partial charge in [-0.2, -0.15) is 0 Å². The lowest BCUT2D eigenvalue weighted by molar-refractivity contribution is -0.120. The van der Waals surface area contributed by atoms with Gasteiger partial charge in [-0.15, -0.1) is 0 Å². The van der Waals surface area contributed by atoms with Gasteiger partial charge >= 0.3 is 0 Å². The summed E-state index contributed by atoms with van der Waals surface area (Å²) in [5.74, 6) is -1.50. The molecule has 1 N–H and O–H groups in total. The number of nitrogens with one attached hydrogen (secondary N) is 1. The highest BCUT2D eigenvalue weighted by molar-refractivity contribution is 6.46. The summed E-state index contributed by atoms with van der Waals surface area (Å²) in [4.78, 5) is 27.7. The van der Waals surface area contributed by atoms with Crippen molar-refractivity contribution in [2.45, 2.75) is 6.92 Å². The lowest BCUT2D eigenvalue weighted by atomic mass is 10.0. The van der Waals surface area contributed by atoms with Crippen molar-refractivity contribution in [3.05, 3.63) is 99.4 Å². The molecule has 1 heterocycles. The van der Waals surface area contributed by atoms with Gasteiger partial charge in [-0.25, -0.2) is 9.29 Å². The van der Waals surface area contributed by atoms with Crippen molar-refractivity contribution >= 4 is 52.0 Å². The van der Waals surface area contributed by atoms with Crippen LogP contribution in [0.2, 0.25) is 10.0 Å². The van der Waals surface area contributed by atoms with Gasteiger partial charge in [-0.05, 0) is 66.6 Å². The Bertz CT molecular complexity index is 1210. The zero-order chi connectivity index (χ0) is 21.4. The molecule has 30 heavy (non-hydrogen) atoms. The van der Waals surface area contributed by atoms with Crippen molar-refractivity contribution in [2.75, 3.05) is 10.2 Å². The van der Waals surface area contributed by atoms with Crippen molar-refractivity contribution in [1.82, 2.24) is 0 Å². The van der Waals surface area contributed by atoms with E-state index in [9.17, 15) is 14.0 Å². The number of halogens is 3. The first kappa shape index (κ1) is 20.1. The van der Waals surface area contributed by atoms with Crippen LogP contribution in [0.4, 0.5) is 15.8 Å². The van der Waals surface area contributed by atoms with Crippen molar-refractivity contribution < 1.29 is 14.0 Å². The first-order valence-corrected chi connectivity index (χ1v) is 9.78. The van der Waals surface area contributed by atoms with Gasteiger partial charge in [0.2, 0.25) is 0 Å². The van der Waals surface area contributed by atoms with Crippen molar-refractivity contribution in [1.29, 1.82) is 0 Å². The molecular formula is C23H15Cl2FN2O2. The summed E-state index contributed by atoms with van der Waals surface area (Å²) < 4.78 is 13.4. The fourth-order valence-corrected chi connectivity index (χ4v) is 3.69. The Morgan fingerprint density at radius 2 is 1.57 bits per heavy atom. The number of imide groups is 1. The predicted molar refractivity (Wildman–Crippen MR) is 117 cm³/mol. The molecule has 0 unspecified atom stereocenters. The molecule has 0 spiro atoms. The van der Waals surface area contributed by atoms with Crippen LogP contribution >= 0.6 is 23.2 Å². The normalized spacial score (nSPS) is 13.9. The number of rotatable bonds is 4. The molecule has 0 fully saturated rings. The maximum Gasteiger partial charge on any atom is 0.282 e. The van der Waals surface area contributed by atoms with Gasteiger partial charge in [0.25, 0.3) is 11.8 Å². The van der Waals surface area contributed by atoms with Gasteiger partial charge in [0.05, 0.1) is 11.3 Å². The molecule has 2 amide bonds. The van der Waals surface area contributed by atoms with Crippen molar-refractivity contribution in [2.24, 2.45) is 0 Å². The highest BCUT2D eigenvalue weighted by Crippen LogP contribution is 2.35. The third-order valence-electron chi connectivity index (χ3n) is 4.73. The molecule has 0 aromatic heterocycles. The summed E-state index contributed by atoms with van der Waals surface area (Å²) in [6.45, 7) is 1.84. The van der Waals surface area contributed by atoms with Gasteiger partial charge < -0.3 is 5.32 Å². The van der Waals surface area contributed by atoms with Gasteiger partial charge in [-0.3, -0.25) is 9.59 Å². The van der Waals surface area contributed by atoms with Crippen LogP contribution in [0, 0.1) is 12.7 Å². The van der Waals surface area contributed by atoms with Crippen LogP contribution in [0.15, 0.2) is 72.4 Å². The van der Waals surface area contributed by atoms with E-state index in [1.807, 2.05) is 6.92 Å². The molecule has 1 aliphatic rings. The van der Waals surface area contributed by atoms with E-state index in [0.717, 1.165) is 10.5 Å². The monoisotopic (exact) mass is 440 g/mol. The number of anilines is 2. The number of aryl methyl sites for hydroxylation is 1. The highest BCUT2D eigenvalue weighted by atomic mass is 35.5. The van der Waals surface area contributed by atoms with E-state index >= 15 is 0 Å². The molecule has 0 radical (unpaired) electrons. The standard InChI is InChI=1S/C23H15Cl2FN2O2/c1-13-11-16(25)7-10-19(13)27-21-20(14-5-8-17(26)9-6-14)22(29)28(23(21)30)18-4-2-3-15(24)12-18/h2-12,27H,1H3. The van der Waals surface area contributed by atoms with Crippen LogP contribution in [0.25, 0.3) is 5.57 Å². The molecule has 4 rings (SSSR count). The Balaban J connectivity index is 1.84. The van der Waals surface area contributed by atoms with Gasteiger partial charge in [-0.1, -0.05) is 41.4 Å². The Labute approximate surface area is 182 Å². The van der Waals surface area contributed by atoms with E-state index in [-0.39, 0.29) is 11.3 Å². The molecule has 0 saturated heterocycles. The van der Waals surface area contributed by atoms with E-state index in [4.69, 9.17) is 23.2 Å². The van der Waals surface area contributed by atoms with Crippen molar-refractivity contribution in [3.8, 4) is 0 Å². The molecule has 0 aliphatic carbocycles. The van der Waals surface area contributed by atoms with Crippen LogP contribution in [-0.2, 0) is 9.59 Å². The Morgan fingerprint density at radius 3 is 2.23 bits per heavy atom. The smallest absolute Gasteiger partial charge is 0.282 e. The summed E-state index contributed by atoms with van der Waals surface area (Å²) >= 11 is 12.1. The SMILES string of the molecule is Cc1cc(Cl)ccc1NC1=C(c2ccc(F)cc2)C(=O)N(c2cccc(Cl)c2)C1=O. The predicted octanol–water partition coefficient (Wildman–Crippen LogP) is 5.84. The minimum Gasteiger partial charge on any atom is -0.350 e. The van der Waals surface area contributed by atoms with Crippen LogP contribution in [0.5, 0.6) is 0 Å². The Morgan fingerprint density at radius 1 is 0.867 bits per heavy atom. The minimum atomic E-state index is -0.532. The zero-order valence-corrected chi connectivity index (χ0v) is 17.3. The zero-order valence-electron chi connectivity index (χ0n) is 15.7. The second-order valence-corrected chi connectivity index (χ2v) is 7.64. The van der Waals surface area contributed by atoms with Crippen LogP contribution < -0.4 is 10.2 Å². The van der Waals surface area contributed by atoms with Crippen LogP contribution in [0.3, 0.4) is 0 Å². The second kappa shape index (κ2) is 7.94. The molecule has 1 aliphatic heterocycles. The number of hydrogen-bond donors (Lipinski definition) is 1. The highest BCUT2D eigenvalue weighted by Gasteiger charge is 2.40. The molecular weight excluding hydrogens is 426 g/mol. The van der Waals surface area contributed by atoms with Gasteiger partial charge in [0.1, 0.15) is 11.5 Å². The van der Waals surface area contributed by atoms with Crippen molar-refractivity contribution in [3.63, 3.8) is 0 Å². The molecule has 0 bridgehead atoms. The second-order valence-electron chi connectivity index (χ2n) is 6.77. The van der Waals surface area contributed by atoms with E-state index in [2.05, 4.69) is 5.32 Å². The minimum absolute atomic E-state index is 0.0945. The summed E-state index contributed by atoms with van der Waals surface area (Å²) in [7, 11) is 0. The maximum absolute atomic E-state index is 13.4. The summed E-state index contributed by atoms with van der Waals surface area (Å²) in [5, 5.41) is 4.03. The number of carbonyl (C=O) groups excluding carboxylic acids is 2. The Hall–Kier alpha value is -3.15. The summed E-state index contributed by atoms with van der Waals surface area (Å²) in [6, 6.07) is 17.1. The number of carbonyl (C=O) groups is 2. The fourth-order valence-electron chi connectivity index (χ4n) is 3.28. The number of amides is 2. The summed E-state index contributed by atoms with van der Waals surface area (Å²) in [6.07, 6.45) is 0. The molecule has 150 valence electrons. The largest absolute Gasteiger partial charge is 0.350 e. The average molecular weight is 441 g/mol. The number of hydrogen-bond acceptors (Lipinski definition) is 3. The number of benzene rings is 3. The molecule has 3 aromatic carbocycles. The van der Waals surface area contributed by atoms with Crippen LogP contribution in [-0.4, -0.2) is 11.8 Å². The average Bonchev–Trinajstić information content (AvgIpc) is 2.94. The quantitative estimate of drug-likeness (QED) is 0.518. The lowest BCUT2D eigenvalue weighted by Crippen LogP contribution is -2.32. The molecule has 3 aromatic rings. The van der Waals surface area contributed by atoms with Gasteiger partial charge in [0.15, 0.2) is 0 Å². The molecule has 0 atom stereocenters. The Kier molecular flexibility index (Phi) is 5.33. The number of nitrogens with zero attached hydrogens (tertiary/aromatic N) is 1. The van der Waals surface area contributed by atoms with Crippen LogP contribution in [0.1, 0.15) is 11.1 Å². The molecule has 0 saturated carbocycles. The maximum atomic E-state index is 13.4. The summed E-state index contributed by atoms with van der Waals surface area (Å²) in [5.41, 5.74) is 2.44. The first-order chi connectivity index (χ1) is 14.3. The third kappa shape index (κ3) is 3.70. The first-order valence-electron chi connectivity index (χ1n) is 9.03. The van der Waals surface area contributed by atoms with E-state index in [0.29, 0.717) is 27.0 Å². The van der Waals surface area contributed by atoms with Gasteiger partial charge in [0, 0.05) is 15.7 Å². The third-order valence-corrected chi connectivity index (χ3v) is 5.20. The lowest BCUT2D eigenvalue weighted by Gasteiger charge is -2.16. The van der Waals surface area contributed by atoms with E-state index in [1.165, 1.54) is 30.3 Å².